The molecule has 3 aliphatic rings. The second-order valence-electron chi connectivity index (χ2n) is 9.49. The molecule has 0 spiro atoms. The summed E-state index contributed by atoms with van der Waals surface area (Å²) in [6.45, 7) is 4.87. The highest BCUT2D eigenvalue weighted by molar-refractivity contribution is 6.02. The van der Waals surface area contributed by atoms with Crippen LogP contribution in [0.4, 0.5) is 10.5 Å². The van der Waals surface area contributed by atoms with Crippen LogP contribution in [0.1, 0.15) is 37.3 Å². The predicted molar refractivity (Wildman–Crippen MR) is 122 cm³/mol. The van der Waals surface area contributed by atoms with Gasteiger partial charge in [0.2, 0.25) is 11.8 Å². The summed E-state index contributed by atoms with van der Waals surface area (Å²) in [6, 6.07) is 6.40. The van der Waals surface area contributed by atoms with Gasteiger partial charge in [0.1, 0.15) is 0 Å². The first-order valence-electron chi connectivity index (χ1n) is 11.6. The molecular formula is C23H30N6O4. The Morgan fingerprint density at radius 3 is 2.67 bits per heavy atom. The Morgan fingerprint density at radius 2 is 1.97 bits per heavy atom. The third-order valence-electron chi connectivity index (χ3n) is 7.25. The van der Waals surface area contributed by atoms with E-state index in [0.717, 1.165) is 67.8 Å². The van der Waals surface area contributed by atoms with Crippen LogP contribution in [-0.4, -0.2) is 76.5 Å². The summed E-state index contributed by atoms with van der Waals surface area (Å²) in [5.41, 5.74) is 2.88. The van der Waals surface area contributed by atoms with Crippen LogP contribution >= 0.6 is 0 Å². The van der Waals surface area contributed by atoms with Crippen LogP contribution < -0.4 is 15.5 Å². The normalized spacial score (nSPS) is 26.2. The fourth-order valence-electron chi connectivity index (χ4n) is 5.41. The molecule has 10 heteroatoms. The number of aryl methyl sites for hydroxylation is 1. The van der Waals surface area contributed by atoms with Crippen LogP contribution in [0.3, 0.4) is 0 Å². The van der Waals surface area contributed by atoms with Crippen molar-refractivity contribution in [2.24, 2.45) is 13.0 Å². The topological polar surface area (TPSA) is 120 Å². The number of fused-ring (bicyclic) bond motifs is 1. The van der Waals surface area contributed by atoms with Crippen LogP contribution in [0.2, 0.25) is 0 Å². The van der Waals surface area contributed by atoms with Crippen molar-refractivity contribution in [3.8, 4) is 0 Å². The minimum Gasteiger partial charge on any atom is -0.465 e. The Kier molecular flexibility index (Phi) is 5.69. The number of amides is 3. The van der Waals surface area contributed by atoms with E-state index in [9.17, 15) is 14.4 Å². The van der Waals surface area contributed by atoms with E-state index in [1.807, 2.05) is 17.8 Å². The van der Waals surface area contributed by atoms with Gasteiger partial charge in [0.05, 0.1) is 17.1 Å². The fourth-order valence-corrected chi connectivity index (χ4v) is 5.41. The highest BCUT2D eigenvalue weighted by atomic mass is 16.4. The van der Waals surface area contributed by atoms with Crippen molar-refractivity contribution in [3.05, 3.63) is 23.9 Å². The number of anilines is 1. The third-order valence-corrected chi connectivity index (χ3v) is 7.25. The number of nitrogens with one attached hydrogen (secondary N) is 2. The number of piperidine rings is 1. The van der Waals surface area contributed by atoms with Gasteiger partial charge in [-0.15, -0.1) is 0 Å². The van der Waals surface area contributed by atoms with E-state index in [2.05, 4.69) is 37.7 Å². The van der Waals surface area contributed by atoms with Crippen molar-refractivity contribution >= 4 is 34.5 Å². The zero-order valence-corrected chi connectivity index (χ0v) is 18.8. The van der Waals surface area contributed by atoms with Gasteiger partial charge in [-0.2, -0.15) is 5.10 Å². The molecule has 3 heterocycles. The second-order valence-corrected chi connectivity index (χ2v) is 9.49. The second kappa shape index (κ2) is 8.66. The van der Waals surface area contributed by atoms with Gasteiger partial charge >= 0.3 is 6.09 Å². The van der Waals surface area contributed by atoms with E-state index in [1.54, 1.807) is 0 Å². The lowest BCUT2D eigenvalue weighted by atomic mass is 9.80. The number of carboxylic acid groups (broad SMARTS) is 1. The maximum Gasteiger partial charge on any atom is 0.404 e. The van der Waals surface area contributed by atoms with Crippen molar-refractivity contribution < 1.29 is 19.5 Å². The fraction of sp³-hybridized carbons (Fsp3) is 0.565. The average Bonchev–Trinajstić information content (AvgIpc) is 3.08. The number of hydrogen-bond donors (Lipinski definition) is 3. The highest BCUT2D eigenvalue weighted by Crippen LogP contribution is 2.33. The van der Waals surface area contributed by atoms with E-state index in [0.29, 0.717) is 18.8 Å². The first-order valence-corrected chi connectivity index (χ1v) is 11.6. The summed E-state index contributed by atoms with van der Waals surface area (Å²) >= 11 is 0. The van der Waals surface area contributed by atoms with Gasteiger partial charge in [-0.25, -0.2) is 4.79 Å². The lowest BCUT2D eigenvalue weighted by Gasteiger charge is -2.42. The Labute approximate surface area is 191 Å². The molecule has 1 aromatic carbocycles. The van der Waals surface area contributed by atoms with Crippen molar-refractivity contribution in [3.63, 3.8) is 0 Å². The summed E-state index contributed by atoms with van der Waals surface area (Å²) in [7, 11) is 1.89. The van der Waals surface area contributed by atoms with Crippen LogP contribution in [0, 0.1) is 5.92 Å². The molecule has 3 fully saturated rings. The predicted octanol–water partition coefficient (Wildman–Crippen LogP) is 1.26. The molecule has 10 nitrogen and oxygen atoms in total. The highest BCUT2D eigenvalue weighted by Gasteiger charge is 2.33. The number of hydrogen-bond acceptors (Lipinski definition) is 6. The molecule has 1 aliphatic carbocycles. The lowest BCUT2D eigenvalue weighted by Crippen LogP contribution is -2.51. The monoisotopic (exact) mass is 454 g/mol. The Balaban J connectivity index is 1.21. The molecule has 1 atom stereocenters. The van der Waals surface area contributed by atoms with Crippen LogP contribution in [-0.2, 0) is 16.6 Å². The molecule has 2 saturated heterocycles. The largest absolute Gasteiger partial charge is 0.465 e. The number of rotatable bonds is 5. The molecule has 0 radical (unpaired) electrons. The number of imide groups is 1. The number of carbonyl (C=O) groups is 3. The standard InChI is InChI=1S/C23H30N6O4/c1-27-19-12-16(2-3-17(19)21(26-27)18-4-5-20(30)25-22(18)31)29-8-6-28(7-9-29)13-14-10-15(11-14)24-23(32)33/h2-3,12,14-15,18,24H,4-11,13H2,1H3,(H,32,33)(H,25,30,31). The van der Waals surface area contributed by atoms with Crippen LogP contribution in [0.15, 0.2) is 18.2 Å². The number of carbonyl (C=O) groups excluding carboxylic acids is 2. The quantitative estimate of drug-likeness (QED) is 0.582. The smallest absolute Gasteiger partial charge is 0.404 e. The summed E-state index contributed by atoms with van der Waals surface area (Å²) in [4.78, 5) is 39.4. The first kappa shape index (κ1) is 21.7. The van der Waals surface area contributed by atoms with Gasteiger partial charge in [0, 0.05) is 63.3 Å². The van der Waals surface area contributed by atoms with Crippen molar-refractivity contribution in [2.45, 2.75) is 37.6 Å². The van der Waals surface area contributed by atoms with E-state index < -0.39 is 12.0 Å². The molecule has 2 aromatic rings. The summed E-state index contributed by atoms with van der Waals surface area (Å²) in [6.07, 6.45) is 1.77. The maximum absolute atomic E-state index is 12.3. The molecule has 3 amide bonds. The Morgan fingerprint density at radius 1 is 1.21 bits per heavy atom. The van der Waals surface area contributed by atoms with Crippen LogP contribution in [0.25, 0.3) is 10.9 Å². The molecule has 0 bridgehead atoms. The summed E-state index contributed by atoms with van der Waals surface area (Å²) in [5.74, 6) is -0.294. The van der Waals surface area contributed by atoms with Gasteiger partial charge in [-0.1, -0.05) is 0 Å². The third kappa shape index (κ3) is 4.39. The molecule has 33 heavy (non-hydrogen) atoms. The van der Waals surface area contributed by atoms with Gasteiger partial charge in [0.25, 0.3) is 0 Å². The number of nitrogens with zero attached hydrogens (tertiary/aromatic N) is 4. The van der Waals surface area contributed by atoms with Gasteiger partial charge < -0.3 is 15.3 Å². The number of piperazine rings is 1. The summed E-state index contributed by atoms with van der Waals surface area (Å²) < 4.78 is 1.83. The SMILES string of the molecule is Cn1nc(C2CCC(=O)NC2=O)c2ccc(N3CCN(CC4CC(NC(=O)O)C4)CC3)cc21. The minimum atomic E-state index is -0.929. The zero-order valence-electron chi connectivity index (χ0n) is 18.8. The van der Waals surface area contributed by atoms with Crippen molar-refractivity contribution in [1.82, 2.24) is 25.3 Å². The average molecular weight is 455 g/mol. The first-order chi connectivity index (χ1) is 15.9. The van der Waals surface area contributed by atoms with E-state index in [-0.39, 0.29) is 17.9 Å². The molecule has 2 aliphatic heterocycles. The number of benzene rings is 1. The molecule has 1 unspecified atom stereocenters. The molecule has 1 saturated carbocycles. The van der Waals surface area contributed by atoms with Crippen LogP contribution in [0.5, 0.6) is 0 Å². The van der Waals surface area contributed by atoms with Gasteiger partial charge in [-0.05, 0) is 43.4 Å². The Hall–Kier alpha value is -3.14. The Bertz CT molecular complexity index is 1080. The molecule has 1 aromatic heterocycles. The summed E-state index contributed by atoms with van der Waals surface area (Å²) in [5, 5.41) is 19.4. The molecule has 5 rings (SSSR count). The zero-order chi connectivity index (χ0) is 23.1. The molecule has 176 valence electrons. The van der Waals surface area contributed by atoms with Crippen molar-refractivity contribution in [1.29, 1.82) is 0 Å². The minimum absolute atomic E-state index is 0.115. The lowest BCUT2D eigenvalue weighted by molar-refractivity contribution is -0.134. The van der Waals surface area contributed by atoms with E-state index >= 15 is 0 Å². The van der Waals surface area contributed by atoms with Crippen molar-refractivity contribution in [2.75, 3.05) is 37.6 Å². The van der Waals surface area contributed by atoms with Gasteiger partial charge in [-0.3, -0.25) is 24.5 Å². The molecule has 3 N–H and O–H groups in total. The van der Waals surface area contributed by atoms with Gasteiger partial charge in [0.15, 0.2) is 0 Å². The maximum atomic E-state index is 12.3. The van der Waals surface area contributed by atoms with E-state index in [1.165, 1.54) is 0 Å². The number of aromatic nitrogens is 2. The molecular weight excluding hydrogens is 424 g/mol. The van der Waals surface area contributed by atoms with E-state index in [4.69, 9.17) is 5.11 Å².